The molecule has 0 heterocycles. The van der Waals surface area contributed by atoms with Gasteiger partial charge in [-0.25, -0.2) is 13.2 Å². The van der Waals surface area contributed by atoms with E-state index in [-0.39, 0.29) is 12.0 Å². The molecule has 1 aliphatic carbocycles. The van der Waals surface area contributed by atoms with Crippen LogP contribution in [0.4, 0.5) is 13.2 Å². The molecule has 0 spiro atoms. The van der Waals surface area contributed by atoms with Crippen LogP contribution in [0.2, 0.25) is 0 Å². The summed E-state index contributed by atoms with van der Waals surface area (Å²) in [6.45, 7) is 2.16. The third kappa shape index (κ3) is 5.06. The number of benzene rings is 2. The molecular weight excluding hydrogens is 381 g/mol. The zero-order valence-electron chi connectivity index (χ0n) is 17.7. The van der Waals surface area contributed by atoms with Crippen LogP contribution in [0.3, 0.4) is 0 Å². The highest BCUT2D eigenvalue weighted by atomic mass is 19.2. The fourth-order valence-electron chi connectivity index (χ4n) is 4.17. The minimum absolute atomic E-state index is 0.130. The summed E-state index contributed by atoms with van der Waals surface area (Å²) in [7, 11) is 0. The Balaban J connectivity index is 1.76. The SMILES string of the molecule is CCCCCCCCCC1(F)C(F)=CC=C(c2ccccc2-c2ccccc2)C1F. The zero-order valence-corrected chi connectivity index (χ0v) is 17.7. The van der Waals surface area contributed by atoms with E-state index in [4.69, 9.17) is 0 Å². The number of rotatable bonds is 10. The van der Waals surface area contributed by atoms with Gasteiger partial charge in [0.2, 0.25) is 0 Å². The molecule has 3 heteroatoms. The average molecular weight is 413 g/mol. The summed E-state index contributed by atoms with van der Waals surface area (Å²) in [5.41, 5.74) is -0.0197. The molecule has 2 atom stereocenters. The first-order valence-corrected chi connectivity index (χ1v) is 11.1. The predicted molar refractivity (Wildman–Crippen MR) is 120 cm³/mol. The largest absolute Gasteiger partial charge is 0.238 e. The number of unbranched alkanes of at least 4 members (excludes halogenated alkanes) is 6. The van der Waals surface area contributed by atoms with E-state index in [0.29, 0.717) is 12.0 Å². The Morgan fingerprint density at radius 2 is 1.37 bits per heavy atom. The predicted octanol–water partition coefficient (Wildman–Crippen LogP) is 8.79. The molecule has 0 aromatic heterocycles. The Morgan fingerprint density at radius 3 is 2.07 bits per heavy atom. The van der Waals surface area contributed by atoms with Crippen molar-refractivity contribution in [1.29, 1.82) is 0 Å². The van der Waals surface area contributed by atoms with E-state index in [0.717, 1.165) is 36.5 Å². The Morgan fingerprint density at radius 1 is 0.767 bits per heavy atom. The highest BCUT2D eigenvalue weighted by Crippen LogP contribution is 2.45. The van der Waals surface area contributed by atoms with E-state index < -0.39 is 17.7 Å². The summed E-state index contributed by atoms with van der Waals surface area (Å²) < 4.78 is 45.6. The van der Waals surface area contributed by atoms with Gasteiger partial charge in [-0.05, 0) is 41.2 Å². The fraction of sp³-hybridized carbons (Fsp3) is 0.407. The lowest BCUT2D eigenvalue weighted by atomic mass is 9.80. The first-order chi connectivity index (χ1) is 14.6. The second kappa shape index (κ2) is 10.7. The van der Waals surface area contributed by atoms with Crippen LogP contribution in [-0.2, 0) is 0 Å². The van der Waals surface area contributed by atoms with Crippen molar-refractivity contribution >= 4 is 5.57 Å². The molecule has 2 aromatic carbocycles. The minimum atomic E-state index is -2.59. The number of allylic oxidation sites excluding steroid dienone is 4. The van der Waals surface area contributed by atoms with Gasteiger partial charge in [0.1, 0.15) is 5.83 Å². The second-order valence-electron chi connectivity index (χ2n) is 8.14. The van der Waals surface area contributed by atoms with Crippen LogP contribution < -0.4 is 0 Å². The first-order valence-electron chi connectivity index (χ1n) is 11.1. The molecule has 0 amide bonds. The van der Waals surface area contributed by atoms with Gasteiger partial charge in [-0.3, -0.25) is 0 Å². The molecule has 0 saturated carbocycles. The quantitative estimate of drug-likeness (QED) is 0.342. The first kappa shape index (κ1) is 22.4. The molecule has 0 aliphatic heterocycles. The molecule has 1 aliphatic rings. The third-order valence-electron chi connectivity index (χ3n) is 5.95. The van der Waals surface area contributed by atoms with Crippen LogP contribution in [0, 0.1) is 0 Å². The number of halogens is 3. The van der Waals surface area contributed by atoms with Crippen LogP contribution in [-0.4, -0.2) is 11.8 Å². The van der Waals surface area contributed by atoms with E-state index in [1.54, 1.807) is 12.1 Å². The summed E-state index contributed by atoms with van der Waals surface area (Å²) in [6.07, 6.45) is 7.25. The zero-order chi connectivity index (χ0) is 21.4. The molecule has 30 heavy (non-hydrogen) atoms. The standard InChI is InChI=1S/C27H31F3/c1-2-3-4-5-6-7-13-20-27(30)25(28)19-18-24(26(27)29)23-17-12-11-16-22(23)21-14-9-8-10-15-21/h8-12,14-19,26H,2-7,13,20H2,1H3. The minimum Gasteiger partial charge on any atom is -0.238 e. The van der Waals surface area contributed by atoms with Gasteiger partial charge in [-0.15, -0.1) is 0 Å². The molecule has 160 valence electrons. The van der Waals surface area contributed by atoms with Crippen molar-refractivity contribution in [1.82, 2.24) is 0 Å². The van der Waals surface area contributed by atoms with Gasteiger partial charge in [0.05, 0.1) is 0 Å². The van der Waals surface area contributed by atoms with Crippen LogP contribution >= 0.6 is 0 Å². The van der Waals surface area contributed by atoms with Crippen LogP contribution in [0.5, 0.6) is 0 Å². The molecule has 0 N–H and O–H groups in total. The Bertz CT molecular complexity index is 869. The lowest BCUT2D eigenvalue weighted by Gasteiger charge is -2.32. The third-order valence-corrected chi connectivity index (χ3v) is 5.95. The van der Waals surface area contributed by atoms with Gasteiger partial charge in [0, 0.05) is 0 Å². The van der Waals surface area contributed by atoms with Gasteiger partial charge in [0.15, 0.2) is 11.8 Å². The van der Waals surface area contributed by atoms with Crippen molar-refractivity contribution in [3.05, 3.63) is 78.1 Å². The molecule has 0 nitrogen and oxygen atoms in total. The maximum atomic E-state index is 15.6. The van der Waals surface area contributed by atoms with Crippen molar-refractivity contribution in [3.63, 3.8) is 0 Å². The highest BCUT2D eigenvalue weighted by molar-refractivity contribution is 5.85. The van der Waals surface area contributed by atoms with Crippen LogP contribution in [0.15, 0.2) is 72.6 Å². The monoisotopic (exact) mass is 412 g/mol. The summed E-state index contributed by atoms with van der Waals surface area (Å²) in [6, 6.07) is 17.0. The van der Waals surface area contributed by atoms with Crippen molar-refractivity contribution in [2.45, 2.75) is 70.1 Å². The van der Waals surface area contributed by atoms with Gasteiger partial charge in [0.25, 0.3) is 0 Å². The maximum Gasteiger partial charge on any atom is 0.197 e. The van der Waals surface area contributed by atoms with Crippen molar-refractivity contribution in [2.75, 3.05) is 0 Å². The second-order valence-corrected chi connectivity index (χ2v) is 8.14. The number of alkyl halides is 2. The molecule has 3 rings (SSSR count). The molecule has 0 bridgehead atoms. The molecule has 0 fully saturated rings. The highest BCUT2D eigenvalue weighted by Gasteiger charge is 2.47. The molecular formula is C27H31F3. The summed E-state index contributed by atoms with van der Waals surface area (Å²) >= 11 is 0. The maximum absolute atomic E-state index is 15.6. The Kier molecular flexibility index (Phi) is 7.95. The van der Waals surface area contributed by atoms with Crippen LogP contribution in [0.1, 0.15) is 63.9 Å². The summed E-state index contributed by atoms with van der Waals surface area (Å²) in [5.74, 6) is -0.998. The van der Waals surface area contributed by atoms with E-state index >= 15 is 8.78 Å². The van der Waals surface area contributed by atoms with E-state index in [1.807, 2.05) is 42.5 Å². The number of hydrogen-bond acceptors (Lipinski definition) is 0. The van der Waals surface area contributed by atoms with Crippen molar-refractivity contribution in [2.24, 2.45) is 0 Å². The van der Waals surface area contributed by atoms with Crippen molar-refractivity contribution in [3.8, 4) is 11.1 Å². The fourth-order valence-corrected chi connectivity index (χ4v) is 4.17. The lowest BCUT2D eigenvalue weighted by Crippen LogP contribution is -2.38. The number of hydrogen-bond donors (Lipinski definition) is 0. The molecule has 0 saturated heterocycles. The van der Waals surface area contributed by atoms with Crippen LogP contribution in [0.25, 0.3) is 16.7 Å². The van der Waals surface area contributed by atoms with E-state index in [1.165, 1.54) is 25.3 Å². The molecule has 0 radical (unpaired) electrons. The normalized spacial score (nSPS) is 21.3. The Labute approximate surface area is 178 Å². The van der Waals surface area contributed by atoms with E-state index in [9.17, 15) is 4.39 Å². The van der Waals surface area contributed by atoms with Gasteiger partial charge >= 0.3 is 0 Å². The average Bonchev–Trinajstić information content (AvgIpc) is 2.78. The van der Waals surface area contributed by atoms with Gasteiger partial charge < -0.3 is 0 Å². The van der Waals surface area contributed by atoms with Gasteiger partial charge in [-0.2, -0.15) is 0 Å². The smallest absolute Gasteiger partial charge is 0.197 e. The summed E-state index contributed by atoms with van der Waals surface area (Å²) in [5, 5.41) is 0. The topological polar surface area (TPSA) is 0 Å². The summed E-state index contributed by atoms with van der Waals surface area (Å²) in [4.78, 5) is 0. The molecule has 2 unspecified atom stereocenters. The lowest BCUT2D eigenvalue weighted by molar-refractivity contribution is 0.0808. The molecule has 2 aromatic rings. The van der Waals surface area contributed by atoms with E-state index in [2.05, 4.69) is 6.92 Å². The van der Waals surface area contributed by atoms with Crippen molar-refractivity contribution < 1.29 is 13.2 Å². The Hall–Kier alpha value is -2.29. The van der Waals surface area contributed by atoms with Gasteiger partial charge in [-0.1, -0.05) is 106 Å².